The molecular weight excluding hydrogens is 190 g/mol. The molecule has 0 spiro atoms. The highest BCUT2D eigenvalue weighted by molar-refractivity contribution is 5.75. The third kappa shape index (κ3) is 6.60. The van der Waals surface area contributed by atoms with Crippen molar-refractivity contribution in [3.05, 3.63) is 0 Å². The number of hydroxylamine groups is 2. The zero-order valence-electron chi connectivity index (χ0n) is 9.16. The lowest BCUT2D eigenvalue weighted by Crippen LogP contribution is -2.31. The molecule has 1 amide bonds. The summed E-state index contributed by atoms with van der Waals surface area (Å²) in [5.74, 6) is 4.55. The summed E-state index contributed by atoms with van der Waals surface area (Å²) in [5, 5.41) is 1.16. The fourth-order valence-corrected chi connectivity index (χ4v) is 1.05. The lowest BCUT2D eigenvalue weighted by atomic mass is 10.2. The van der Waals surface area contributed by atoms with Crippen LogP contribution in [0.5, 0.6) is 0 Å². The highest BCUT2D eigenvalue weighted by Crippen LogP contribution is 2.03. The molecule has 82 valence electrons. The molecule has 0 aliphatic rings. The molecule has 0 N–H and O–H groups in total. The quantitative estimate of drug-likeness (QED) is 0.360. The molecule has 0 saturated heterocycles. The van der Waals surface area contributed by atoms with Crippen molar-refractivity contribution in [2.24, 2.45) is 0 Å². The zero-order chi connectivity index (χ0) is 11.5. The minimum atomic E-state index is -0.100. The molecule has 0 heterocycles. The van der Waals surface area contributed by atoms with Crippen molar-refractivity contribution in [1.82, 2.24) is 5.06 Å². The standard InChI is InChI=1S/C12H17NO2/c1-4-7-8-9-12(14)13(10-5-2)15-11-6-3/h2-3H,4,7-11H2,1H3. The first-order chi connectivity index (χ1) is 7.26. The van der Waals surface area contributed by atoms with Gasteiger partial charge in [-0.25, -0.2) is 5.06 Å². The Morgan fingerprint density at radius 2 is 2.07 bits per heavy atom. The summed E-state index contributed by atoms with van der Waals surface area (Å²) in [6.07, 6.45) is 13.6. The smallest absolute Gasteiger partial charge is 0.247 e. The number of nitrogens with zero attached hydrogens (tertiary/aromatic N) is 1. The van der Waals surface area contributed by atoms with E-state index in [2.05, 4.69) is 18.8 Å². The largest absolute Gasteiger partial charge is 0.273 e. The molecular formula is C12H17NO2. The molecule has 0 fully saturated rings. The molecule has 0 bridgehead atoms. The van der Waals surface area contributed by atoms with Gasteiger partial charge >= 0.3 is 0 Å². The van der Waals surface area contributed by atoms with E-state index in [0.29, 0.717) is 6.42 Å². The highest BCUT2D eigenvalue weighted by atomic mass is 16.7. The van der Waals surface area contributed by atoms with Gasteiger partial charge in [-0.3, -0.25) is 9.63 Å². The molecule has 0 aliphatic carbocycles. The van der Waals surface area contributed by atoms with E-state index in [1.165, 1.54) is 0 Å². The summed E-state index contributed by atoms with van der Waals surface area (Å²) in [7, 11) is 0. The van der Waals surface area contributed by atoms with Gasteiger partial charge in [0.1, 0.15) is 13.2 Å². The van der Waals surface area contributed by atoms with E-state index in [0.717, 1.165) is 24.3 Å². The number of carbonyl (C=O) groups excluding carboxylic acids is 1. The summed E-state index contributed by atoms with van der Waals surface area (Å²) in [5.41, 5.74) is 0. The van der Waals surface area contributed by atoms with Crippen LogP contribution in [0.1, 0.15) is 32.6 Å². The normalized spacial score (nSPS) is 9.00. The molecule has 0 rings (SSSR count). The Morgan fingerprint density at radius 3 is 2.60 bits per heavy atom. The molecule has 0 saturated carbocycles. The van der Waals surface area contributed by atoms with Gasteiger partial charge in [-0.15, -0.1) is 12.8 Å². The molecule has 0 aromatic carbocycles. The number of terminal acetylenes is 2. The van der Waals surface area contributed by atoms with Crippen molar-refractivity contribution in [3.8, 4) is 24.7 Å². The fourth-order valence-electron chi connectivity index (χ4n) is 1.05. The van der Waals surface area contributed by atoms with Crippen molar-refractivity contribution in [2.75, 3.05) is 13.2 Å². The van der Waals surface area contributed by atoms with Crippen molar-refractivity contribution in [1.29, 1.82) is 0 Å². The van der Waals surface area contributed by atoms with Crippen LogP contribution in [0.3, 0.4) is 0 Å². The lowest BCUT2D eigenvalue weighted by Gasteiger charge is -2.17. The van der Waals surface area contributed by atoms with Crippen molar-refractivity contribution in [2.45, 2.75) is 32.6 Å². The minimum Gasteiger partial charge on any atom is -0.273 e. The second-order valence-electron chi connectivity index (χ2n) is 3.07. The second-order valence-corrected chi connectivity index (χ2v) is 3.07. The fraction of sp³-hybridized carbons (Fsp3) is 0.583. The van der Waals surface area contributed by atoms with Gasteiger partial charge in [-0.05, 0) is 6.42 Å². The van der Waals surface area contributed by atoms with Gasteiger partial charge in [0.05, 0.1) is 0 Å². The molecule has 0 aromatic rings. The van der Waals surface area contributed by atoms with E-state index in [1.54, 1.807) is 0 Å². The maximum atomic E-state index is 11.6. The SMILES string of the molecule is C#CCON(CC#C)C(=O)CCCCC. The molecule has 3 nitrogen and oxygen atoms in total. The van der Waals surface area contributed by atoms with E-state index in [-0.39, 0.29) is 19.1 Å². The van der Waals surface area contributed by atoms with Crippen LogP contribution in [0.4, 0.5) is 0 Å². The number of carbonyl (C=O) groups is 1. The number of unbranched alkanes of at least 4 members (excludes halogenated alkanes) is 2. The van der Waals surface area contributed by atoms with Crippen LogP contribution in [-0.4, -0.2) is 24.1 Å². The lowest BCUT2D eigenvalue weighted by molar-refractivity contribution is -0.177. The maximum Gasteiger partial charge on any atom is 0.247 e. The van der Waals surface area contributed by atoms with E-state index in [1.807, 2.05) is 0 Å². The Bertz CT molecular complexity index is 260. The van der Waals surface area contributed by atoms with E-state index < -0.39 is 0 Å². The van der Waals surface area contributed by atoms with Gasteiger partial charge in [0.15, 0.2) is 0 Å². The van der Waals surface area contributed by atoms with Crippen LogP contribution in [0.25, 0.3) is 0 Å². The third-order valence-corrected chi connectivity index (χ3v) is 1.81. The Morgan fingerprint density at radius 1 is 1.33 bits per heavy atom. The Labute approximate surface area is 91.7 Å². The summed E-state index contributed by atoms with van der Waals surface area (Å²) in [6.45, 7) is 2.30. The molecule has 0 unspecified atom stereocenters. The van der Waals surface area contributed by atoms with Crippen molar-refractivity contribution < 1.29 is 9.63 Å². The van der Waals surface area contributed by atoms with Crippen LogP contribution in [0.2, 0.25) is 0 Å². The monoisotopic (exact) mass is 207 g/mol. The van der Waals surface area contributed by atoms with Gasteiger partial charge < -0.3 is 0 Å². The average Bonchev–Trinajstić information content (AvgIpc) is 2.24. The zero-order valence-corrected chi connectivity index (χ0v) is 9.16. The number of hydrogen-bond donors (Lipinski definition) is 0. The Balaban J connectivity index is 3.95. The first-order valence-corrected chi connectivity index (χ1v) is 5.06. The highest BCUT2D eigenvalue weighted by Gasteiger charge is 2.11. The molecule has 3 heteroatoms. The van der Waals surface area contributed by atoms with Crippen LogP contribution >= 0.6 is 0 Å². The number of rotatable bonds is 7. The number of hydrogen-bond acceptors (Lipinski definition) is 2. The summed E-state index contributed by atoms with van der Waals surface area (Å²) in [4.78, 5) is 16.6. The Kier molecular flexibility index (Phi) is 8.24. The first-order valence-electron chi connectivity index (χ1n) is 5.06. The molecule has 15 heavy (non-hydrogen) atoms. The van der Waals surface area contributed by atoms with Crippen molar-refractivity contribution >= 4 is 5.91 Å². The van der Waals surface area contributed by atoms with Gasteiger partial charge in [0, 0.05) is 6.42 Å². The number of amides is 1. The third-order valence-electron chi connectivity index (χ3n) is 1.81. The van der Waals surface area contributed by atoms with Crippen LogP contribution < -0.4 is 0 Å². The van der Waals surface area contributed by atoms with Gasteiger partial charge in [-0.1, -0.05) is 31.6 Å². The molecule has 0 atom stereocenters. The Hall–Kier alpha value is -1.45. The van der Waals surface area contributed by atoms with E-state index in [9.17, 15) is 4.79 Å². The van der Waals surface area contributed by atoms with Crippen molar-refractivity contribution in [3.63, 3.8) is 0 Å². The van der Waals surface area contributed by atoms with Gasteiger partial charge in [0.2, 0.25) is 5.91 Å². The van der Waals surface area contributed by atoms with Gasteiger partial charge in [0.25, 0.3) is 0 Å². The van der Waals surface area contributed by atoms with E-state index in [4.69, 9.17) is 17.7 Å². The summed E-state index contributed by atoms with van der Waals surface area (Å²) in [6, 6.07) is 0. The summed E-state index contributed by atoms with van der Waals surface area (Å²) >= 11 is 0. The maximum absolute atomic E-state index is 11.6. The predicted octanol–water partition coefficient (Wildman–Crippen LogP) is 1.59. The van der Waals surface area contributed by atoms with E-state index >= 15 is 0 Å². The molecule has 0 aromatic heterocycles. The topological polar surface area (TPSA) is 29.5 Å². The van der Waals surface area contributed by atoms with Crippen LogP contribution in [-0.2, 0) is 9.63 Å². The van der Waals surface area contributed by atoms with Crippen LogP contribution in [0.15, 0.2) is 0 Å². The average molecular weight is 207 g/mol. The minimum absolute atomic E-state index is 0.0706. The van der Waals surface area contributed by atoms with Gasteiger partial charge in [-0.2, -0.15) is 0 Å². The second kappa shape index (κ2) is 9.12. The molecule has 0 radical (unpaired) electrons. The first kappa shape index (κ1) is 13.5. The molecule has 0 aliphatic heterocycles. The summed E-state index contributed by atoms with van der Waals surface area (Å²) < 4.78 is 0. The predicted molar refractivity (Wildman–Crippen MR) is 59.5 cm³/mol. The van der Waals surface area contributed by atoms with Crippen LogP contribution in [0, 0.1) is 24.7 Å².